The van der Waals surface area contributed by atoms with Crippen LogP contribution in [0.4, 0.5) is 0 Å². The summed E-state index contributed by atoms with van der Waals surface area (Å²) in [5.41, 5.74) is 2.02. The number of halogens is 2. The molecule has 178 valence electrons. The number of fused-ring (bicyclic) bond motifs is 1. The topological polar surface area (TPSA) is 80.5 Å². The Kier molecular flexibility index (Phi) is 6.34. The number of aromatic nitrogens is 3. The summed E-state index contributed by atoms with van der Waals surface area (Å²) in [5.74, 6) is -0.345. The van der Waals surface area contributed by atoms with E-state index in [0.29, 0.717) is 33.2 Å². The SMILES string of the molecule is CON1C(=O)c2cccc(Cc3ccc(Cl)cn3)c2[C@]1(c1ccc(Cl)cc1)C(O)Cn1cccn1. The van der Waals surface area contributed by atoms with Crippen molar-refractivity contribution in [3.8, 4) is 0 Å². The van der Waals surface area contributed by atoms with Crippen molar-refractivity contribution in [2.24, 2.45) is 0 Å². The number of carbonyl (C=O) groups excluding carboxylic acids is 1. The molecule has 0 radical (unpaired) electrons. The second-order valence-corrected chi connectivity index (χ2v) is 9.16. The highest BCUT2D eigenvalue weighted by Gasteiger charge is 2.57. The maximum atomic E-state index is 13.6. The number of rotatable bonds is 7. The molecule has 2 aromatic carbocycles. The van der Waals surface area contributed by atoms with Crippen molar-refractivity contribution in [3.05, 3.63) is 117 Å². The lowest BCUT2D eigenvalue weighted by molar-refractivity contribution is -0.179. The fraction of sp³-hybridized carbons (Fsp3) is 0.192. The third kappa shape index (κ3) is 4.00. The van der Waals surface area contributed by atoms with Crippen molar-refractivity contribution >= 4 is 29.1 Å². The van der Waals surface area contributed by atoms with Crippen LogP contribution in [-0.4, -0.2) is 44.1 Å². The average molecular weight is 509 g/mol. The molecule has 1 unspecified atom stereocenters. The average Bonchev–Trinajstić information content (AvgIpc) is 3.46. The summed E-state index contributed by atoms with van der Waals surface area (Å²) in [6.45, 7) is 0.121. The number of hydrogen-bond donors (Lipinski definition) is 1. The molecule has 0 spiro atoms. The summed E-state index contributed by atoms with van der Waals surface area (Å²) >= 11 is 12.2. The molecule has 3 heterocycles. The van der Waals surface area contributed by atoms with Crippen LogP contribution >= 0.6 is 23.2 Å². The first-order valence-corrected chi connectivity index (χ1v) is 11.7. The molecule has 1 aliphatic heterocycles. The first-order chi connectivity index (χ1) is 16.9. The molecule has 0 fully saturated rings. The molecular weight excluding hydrogens is 487 g/mol. The molecule has 35 heavy (non-hydrogen) atoms. The summed E-state index contributed by atoms with van der Waals surface area (Å²) in [6, 6.07) is 18.0. The zero-order chi connectivity index (χ0) is 24.6. The molecular formula is C26H22Cl2N4O3. The predicted octanol–water partition coefficient (Wildman–Crippen LogP) is 4.50. The number of aliphatic hydroxyl groups excluding tert-OH is 1. The van der Waals surface area contributed by atoms with Crippen LogP contribution < -0.4 is 0 Å². The number of carbonyl (C=O) groups is 1. The lowest BCUT2D eigenvalue weighted by Gasteiger charge is -2.42. The lowest BCUT2D eigenvalue weighted by Crippen LogP contribution is -2.54. The van der Waals surface area contributed by atoms with Crippen molar-refractivity contribution in [2.75, 3.05) is 7.11 Å². The van der Waals surface area contributed by atoms with E-state index in [9.17, 15) is 9.90 Å². The molecule has 1 amide bonds. The quantitative estimate of drug-likeness (QED) is 0.397. The van der Waals surface area contributed by atoms with E-state index in [2.05, 4.69) is 10.1 Å². The highest BCUT2D eigenvalue weighted by atomic mass is 35.5. The van der Waals surface area contributed by atoms with Gasteiger partial charge in [-0.1, -0.05) is 47.5 Å². The monoisotopic (exact) mass is 508 g/mol. The molecule has 0 saturated heterocycles. The number of amides is 1. The van der Waals surface area contributed by atoms with E-state index in [1.807, 2.05) is 18.2 Å². The molecule has 1 aliphatic rings. The second-order valence-electron chi connectivity index (χ2n) is 8.28. The smallest absolute Gasteiger partial charge is 0.279 e. The molecule has 4 aromatic rings. The molecule has 2 atom stereocenters. The molecule has 7 nitrogen and oxygen atoms in total. The van der Waals surface area contributed by atoms with Crippen molar-refractivity contribution in [3.63, 3.8) is 0 Å². The Morgan fingerprint density at radius 1 is 1.06 bits per heavy atom. The van der Waals surface area contributed by atoms with Crippen LogP contribution in [0.25, 0.3) is 0 Å². The van der Waals surface area contributed by atoms with Gasteiger partial charge in [-0.05, 0) is 47.5 Å². The minimum absolute atomic E-state index is 0.121. The van der Waals surface area contributed by atoms with Gasteiger partial charge in [-0.15, -0.1) is 0 Å². The van der Waals surface area contributed by atoms with Gasteiger partial charge < -0.3 is 5.11 Å². The van der Waals surface area contributed by atoms with Crippen LogP contribution in [0, 0.1) is 0 Å². The van der Waals surface area contributed by atoms with Gasteiger partial charge in [-0.2, -0.15) is 10.2 Å². The Hall–Kier alpha value is -3.23. The number of hydrogen-bond acceptors (Lipinski definition) is 5. The van der Waals surface area contributed by atoms with Gasteiger partial charge in [0.05, 0.1) is 18.7 Å². The maximum absolute atomic E-state index is 13.6. The van der Waals surface area contributed by atoms with Gasteiger partial charge in [0.2, 0.25) is 0 Å². The van der Waals surface area contributed by atoms with Gasteiger partial charge in [0.25, 0.3) is 5.91 Å². The fourth-order valence-corrected chi connectivity index (χ4v) is 5.10. The zero-order valence-corrected chi connectivity index (χ0v) is 20.3. The maximum Gasteiger partial charge on any atom is 0.279 e. The number of nitrogens with zero attached hydrogens (tertiary/aromatic N) is 4. The Balaban J connectivity index is 1.75. The van der Waals surface area contributed by atoms with Crippen molar-refractivity contribution < 1.29 is 14.7 Å². The second kappa shape index (κ2) is 9.43. The van der Waals surface area contributed by atoms with Gasteiger partial charge in [-0.25, -0.2) is 0 Å². The third-order valence-corrected chi connectivity index (χ3v) is 6.77. The molecule has 9 heteroatoms. The molecule has 2 aromatic heterocycles. The number of benzene rings is 2. The predicted molar refractivity (Wildman–Crippen MR) is 132 cm³/mol. The van der Waals surface area contributed by atoms with E-state index < -0.39 is 11.6 Å². The van der Waals surface area contributed by atoms with Crippen molar-refractivity contribution in [1.82, 2.24) is 19.8 Å². The van der Waals surface area contributed by atoms with E-state index in [0.717, 1.165) is 11.3 Å². The van der Waals surface area contributed by atoms with Gasteiger partial charge in [0.1, 0.15) is 11.6 Å². The summed E-state index contributed by atoms with van der Waals surface area (Å²) in [5, 5.41) is 18.5. The standard InChI is InChI=1S/C26H22Cl2N4O3/c1-35-32-25(34)22-5-2-4-17(14-21-11-10-20(28)15-29-21)24(22)26(32,18-6-8-19(27)9-7-18)23(33)16-31-13-3-12-30-31/h2-13,15,23,33H,14,16H2,1H3/t23?,26-/m0/s1. The third-order valence-electron chi connectivity index (χ3n) is 6.30. The van der Waals surface area contributed by atoms with Crippen molar-refractivity contribution in [1.29, 1.82) is 0 Å². The van der Waals surface area contributed by atoms with Crippen LogP contribution in [0.2, 0.25) is 10.0 Å². The van der Waals surface area contributed by atoms with Gasteiger partial charge >= 0.3 is 0 Å². The van der Waals surface area contributed by atoms with E-state index in [1.165, 1.54) is 12.2 Å². The Labute approximate surface area is 212 Å². The first-order valence-electron chi connectivity index (χ1n) is 11.0. The largest absolute Gasteiger partial charge is 0.388 e. The summed E-state index contributed by atoms with van der Waals surface area (Å²) in [6.07, 6.45) is 4.30. The van der Waals surface area contributed by atoms with E-state index in [-0.39, 0.29) is 12.5 Å². The van der Waals surface area contributed by atoms with Crippen LogP contribution in [0.3, 0.4) is 0 Å². The zero-order valence-electron chi connectivity index (χ0n) is 18.8. The van der Waals surface area contributed by atoms with Crippen LogP contribution in [0.5, 0.6) is 0 Å². The Morgan fingerprint density at radius 3 is 2.49 bits per heavy atom. The minimum Gasteiger partial charge on any atom is -0.388 e. The highest BCUT2D eigenvalue weighted by molar-refractivity contribution is 6.30. The van der Waals surface area contributed by atoms with Gasteiger partial charge in [-0.3, -0.25) is 19.3 Å². The van der Waals surface area contributed by atoms with Gasteiger partial charge in [0.15, 0.2) is 0 Å². The molecule has 0 aliphatic carbocycles. The Bertz CT molecular complexity index is 1340. The molecule has 1 N–H and O–H groups in total. The lowest BCUT2D eigenvalue weighted by atomic mass is 9.76. The van der Waals surface area contributed by atoms with Crippen molar-refractivity contribution in [2.45, 2.75) is 24.6 Å². The molecule has 5 rings (SSSR count). The van der Waals surface area contributed by atoms with E-state index in [1.54, 1.807) is 65.7 Å². The highest BCUT2D eigenvalue weighted by Crippen LogP contribution is 2.49. The summed E-state index contributed by atoms with van der Waals surface area (Å²) in [7, 11) is 1.43. The first kappa shape index (κ1) is 23.5. The van der Waals surface area contributed by atoms with Crippen LogP contribution in [0.1, 0.15) is 32.7 Å². The van der Waals surface area contributed by atoms with E-state index >= 15 is 0 Å². The van der Waals surface area contributed by atoms with Crippen LogP contribution in [-0.2, 0) is 23.3 Å². The molecule has 0 saturated carbocycles. The molecule has 0 bridgehead atoms. The number of pyridine rings is 1. The van der Waals surface area contributed by atoms with Gasteiger partial charge in [0, 0.05) is 46.9 Å². The summed E-state index contributed by atoms with van der Waals surface area (Å²) in [4.78, 5) is 23.8. The number of hydroxylamine groups is 2. The van der Waals surface area contributed by atoms with Crippen LogP contribution in [0.15, 0.2) is 79.3 Å². The number of aliphatic hydroxyl groups is 1. The Morgan fingerprint density at radius 2 is 1.83 bits per heavy atom. The van der Waals surface area contributed by atoms with E-state index in [4.69, 9.17) is 28.0 Å². The normalized spacial score (nSPS) is 18.1. The minimum atomic E-state index is -1.36. The fourth-order valence-electron chi connectivity index (χ4n) is 4.86. The summed E-state index contributed by atoms with van der Waals surface area (Å²) < 4.78 is 1.63.